The number of nitro benzene ring substituents is 2. The normalized spacial score (nSPS) is 11.1. The molecule has 0 radical (unpaired) electrons. The van der Waals surface area contributed by atoms with Gasteiger partial charge < -0.3 is 8.92 Å². The van der Waals surface area contributed by atoms with Crippen LogP contribution in [0.1, 0.15) is 28.5 Å². The Kier molecular flexibility index (Phi) is 7.14. The molecule has 0 unspecified atom stereocenters. The van der Waals surface area contributed by atoms with Gasteiger partial charge in [0.15, 0.2) is 5.75 Å². The topological polar surface area (TPSA) is 191 Å². The monoisotopic (exact) mass is 518 g/mol. The molecule has 0 saturated carbocycles. The first-order valence-corrected chi connectivity index (χ1v) is 11.5. The van der Waals surface area contributed by atoms with Crippen molar-refractivity contribution >= 4 is 27.5 Å². The van der Waals surface area contributed by atoms with E-state index in [-0.39, 0.29) is 17.9 Å². The first-order chi connectivity index (χ1) is 16.9. The van der Waals surface area contributed by atoms with Gasteiger partial charge in [-0.15, -0.1) is 0 Å². The van der Waals surface area contributed by atoms with Crippen molar-refractivity contribution in [1.82, 2.24) is 9.78 Å². The Hall–Kier alpha value is -4.66. The summed E-state index contributed by atoms with van der Waals surface area (Å²) in [5.74, 6) is -1.95. The molecule has 188 valence electrons. The molecule has 15 heteroatoms. The Morgan fingerprint density at radius 1 is 1.03 bits per heavy atom. The molecular weight excluding hydrogens is 500 g/mol. The second-order valence-corrected chi connectivity index (χ2v) is 8.85. The van der Waals surface area contributed by atoms with Gasteiger partial charge in [0.2, 0.25) is 5.69 Å². The molecule has 3 rings (SSSR count). The Bertz CT molecular complexity index is 1510. The van der Waals surface area contributed by atoms with Crippen molar-refractivity contribution in [2.24, 2.45) is 0 Å². The summed E-state index contributed by atoms with van der Waals surface area (Å²) in [7, 11) is -5.02. The third-order valence-electron chi connectivity index (χ3n) is 4.85. The predicted molar refractivity (Wildman–Crippen MR) is 123 cm³/mol. The lowest BCUT2D eigenvalue weighted by Crippen LogP contribution is -2.26. The highest BCUT2D eigenvalue weighted by Gasteiger charge is 2.31. The molecule has 36 heavy (non-hydrogen) atoms. The van der Waals surface area contributed by atoms with E-state index in [1.165, 1.54) is 6.92 Å². The zero-order chi connectivity index (χ0) is 26.8. The average Bonchev–Trinajstić information content (AvgIpc) is 2.79. The number of ether oxygens (including phenoxy) is 1. The van der Waals surface area contributed by atoms with E-state index in [4.69, 9.17) is 8.92 Å². The van der Waals surface area contributed by atoms with Gasteiger partial charge in [-0.2, -0.15) is 18.2 Å². The lowest BCUT2D eigenvalue weighted by Gasteiger charge is -2.13. The molecule has 1 heterocycles. The van der Waals surface area contributed by atoms with Gasteiger partial charge in [-0.05, 0) is 32.9 Å². The zero-order valence-electron chi connectivity index (χ0n) is 19.0. The van der Waals surface area contributed by atoms with Crippen LogP contribution >= 0.6 is 0 Å². The van der Waals surface area contributed by atoms with Gasteiger partial charge in [-0.1, -0.05) is 17.7 Å². The van der Waals surface area contributed by atoms with Gasteiger partial charge in [0.1, 0.15) is 10.5 Å². The Balaban J connectivity index is 2.18. The summed E-state index contributed by atoms with van der Waals surface area (Å²) in [6.45, 7) is 4.26. The highest BCUT2D eigenvalue weighted by molar-refractivity contribution is 7.87. The minimum absolute atomic E-state index is 0.118. The molecule has 0 atom stereocenters. The molecule has 0 aliphatic heterocycles. The van der Waals surface area contributed by atoms with E-state index in [9.17, 15) is 38.2 Å². The molecule has 14 nitrogen and oxygen atoms in total. The zero-order valence-corrected chi connectivity index (χ0v) is 19.8. The Morgan fingerprint density at radius 3 is 2.08 bits per heavy atom. The number of nitrogens with zero attached hydrogens (tertiary/aromatic N) is 4. The summed E-state index contributed by atoms with van der Waals surface area (Å²) in [4.78, 5) is 44.9. The van der Waals surface area contributed by atoms with E-state index in [0.717, 1.165) is 17.2 Å². The van der Waals surface area contributed by atoms with Crippen LogP contribution in [0, 0.1) is 34.1 Å². The second kappa shape index (κ2) is 9.91. The van der Waals surface area contributed by atoms with E-state index in [0.29, 0.717) is 18.2 Å². The van der Waals surface area contributed by atoms with Gasteiger partial charge in [-0.25, -0.2) is 4.79 Å². The largest absolute Gasteiger partial charge is 0.461 e. The molecular formula is C21H18N4O10S. The minimum atomic E-state index is -5.02. The van der Waals surface area contributed by atoms with Crippen molar-refractivity contribution in [3.05, 3.63) is 89.9 Å². The summed E-state index contributed by atoms with van der Waals surface area (Å²) in [5, 5.41) is 26.5. The number of aryl methyl sites for hydroxylation is 1. The second-order valence-electron chi connectivity index (χ2n) is 7.30. The fourth-order valence-corrected chi connectivity index (χ4v) is 4.04. The number of aromatic nitrogens is 2. The number of hydrogen-bond acceptors (Lipinski definition) is 11. The van der Waals surface area contributed by atoms with Gasteiger partial charge >= 0.3 is 16.1 Å². The van der Waals surface area contributed by atoms with Crippen molar-refractivity contribution < 1.29 is 32.0 Å². The number of rotatable bonds is 8. The van der Waals surface area contributed by atoms with E-state index in [1.807, 2.05) is 6.92 Å². The van der Waals surface area contributed by atoms with Crippen molar-refractivity contribution in [3.63, 3.8) is 0 Å². The Labute approximate surface area is 203 Å². The number of esters is 1. The summed E-state index contributed by atoms with van der Waals surface area (Å²) >= 11 is 0. The van der Waals surface area contributed by atoms with Crippen molar-refractivity contribution in [3.8, 4) is 11.4 Å². The fourth-order valence-electron chi connectivity index (χ4n) is 3.06. The van der Waals surface area contributed by atoms with Crippen molar-refractivity contribution in [2.45, 2.75) is 25.7 Å². The molecule has 0 fully saturated rings. The molecule has 0 aliphatic rings. The van der Waals surface area contributed by atoms with Crippen LogP contribution < -0.4 is 9.74 Å². The number of carbonyl (C=O) groups is 1. The van der Waals surface area contributed by atoms with Gasteiger partial charge in [0.25, 0.3) is 16.9 Å². The molecule has 0 bridgehead atoms. The molecule has 0 amide bonds. The molecule has 1 aromatic heterocycles. The third kappa shape index (κ3) is 5.20. The first-order valence-electron chi connectivity index (χ1n) is 10.1. The third-order valence-corrected chi connectivity index (χ3v) is 6.06. The fraction of sp³-hybridized carbons (Fsp3) is 0.190. The maximum atomic E-state index is 12.9. The minimum Gasteiger partial charge on any atom is -0.461 e. The van der Waals surface area contributed by atoms with E-state index in [1.54, 1.807) is 24.3 Å². The predicted octanol–water partition coefficient (Wildman–Crippen LogP) is 2.61. The van der Waals surface area contributed by atoms with Crippen LogP contribution in [0.5, 0.6) is 5.75 Å². The molecule has 0 saturated heterocycles. The summed E-state index contributed by atoms with van der Waals surface area (Å²) in [6, 6.07) is 8.26. The smallest absolute Gasteiger partial charge is 0.362 e. The average molecular weight is 518 g/mol. The standard InChI is InChI=1S/C21H18N4O10S/c1-4-34-21(27)20-18(11-19(26)23(22-20)14-7-5-12(2)6-8-14)35-36(32,33)15-9-16(24(28)29)13(3)17(10-15)25(30)31/h5-11H,4H2,1-3H3. The summed E-state index contributed by atoms with van der Waals surface area (Å²) < 4.78 is 36.5. The summed E-state index contributed by atoms with van der Waals surface area (Å²) in [6.07, 6.45) is 0. The van der Waals surface area contributed by atoms with Gasteiger partial charge in [0, 0.05) is 12.1 Å². The SMILES string of the molecule is CCOC(=O)c1nn(-c2ccc(C)cc2)c(=O)cc1OS(=O)(=O)c1cc([N+](=O)[O-])c(C)c([N+](=O)[O-])c1. The van der Waals surface area contributed by atoms with Crippen LogP contribution in [0.15, 0.2) is 52.2 Å². The molecule has 0 N–H and O–H groups in total. The van der Waals surface area contributed by atoms with E-state index < -0.39 is 59.2 Å². The van der Waals surface area contributed by atoms with Crippen LogP contribution in [0.3, 0.4) is 0 Å². The Morgan fingerprint density at radius 2 is 1.58 bits per heavy atom. The highest BCUT2D eigenvalue weighted by Crippen LogP contribution is 2.32. The first kappa shape index (κ1) is 26.0. The maximum Gasteiger partial charge on any atom is 0.362 e. The maximum absolute atomic E-state index is 12.9. The quantitative estimate of drug-likeness (QED) is 0.184. The lowest BCUT2D eigenvalue weighted by atomic mass is 10.1. The number of nitro groups is 2. The van der Waals surface area contributed by atoms with Gasteiger partial charge in [0.05, 0.1) is 28.2 Å². The van der Waals surface area contributed by atoms with Crippen LogP contribution in [0.2, 0.25) is 0 Å². The van der Waals surface area contributed by atoms with Crippen molar-refractivity contribution in [1.29, 1.82) is 0 Å². The molecule has 2 aromatic carbocycles. The van der Waals surface area contributed by atoms with Crippen LogP contribution in [-0.4, -0.2) is 40.6 Å². The number of benzene rings is 2. The van der Waals surface area contributed by atoms with Crippen LogP contribution in [0.4, 0.5) is 11.4 Å². The van der Waals surface area contributed by atoms with Crippen LogP contribution in [0.25, 0.3) is 5.69 Å². The van der Waals surface area contributed by atoms with Gasteiger partial charge in [-0.3, -0.25) is 25.0 Å². The summed E-state index contributed by atoms with van der Waals surface area (Å²) in [5.41, 5.74) is -2.48. The number of hydrogen-bond donors (Lipinski definition) is 0. The van der Waals surface area contributed by atoms with Crippen LogP contribution in [-0.2, 0) is 14.9 Å². The number of carbonyl (C=O) groups excluding carboxylic acids is 1. The van der Waals surface area contributed by atoms with Crippen molar-refractivity contribution in [2.75, 3.05) is 6.61 Å². The highest BCUT2D eigenvalue weighted by atomic mass is 32.2. The molecule has 0 spiro atoms. The molecule has 0 aliphatic carbocycles. The molecule has 3 aromatic rings. The lowest BCUT2D eigenvalue weighted by molar-refractivity contribution is -0.395. The van der Waals surface area contributed by atoms with E-state index in [2.05, 4.69) is 5.10 Å². The van der Waals surface area contributed by atoms with E-state index >= 15 is 0 Å².